The summed E-state index contributed by atoms with van der Waals surface area (Å²) in [7, 11) is 0. The van der Waals surface area contributed by atoms with Crippen LogP contribution in [0.25, 0.3) is 21.9 Å². The Balaban J connectivity index is 1.45. The normalized spacial score (nSPS) is 10.9. The number of hydrogen-bond acceptors (Lipinski definition) is 0. The van der Waals surface area contributed by atoms with Gasteiger partial charge < -0.3 is 0 Å². The molecular formula is C35H37F. The summed E-state index contributed by atoms with van der Waals surface area (Å²) in [6, 6.07) is 26.9. The smallest absolute Gasteiger partial charge is 0.146 e. The van der Waals surface area contributed by atoms with Gasteiger partial charge in [-0.1, -0.05) is 112 Å². The standard InChI is InChI=1S/C35H37F/c1-3-5-7-8-9-11-28-16-19-30(20-17-28)32-24-25-34-33(26-32)23-22-31(35(34)36)21-18-29-14-12-27(13-15-29)10-6-4-2/h12-17,19-20,22-26H,3-11H2,1-2H3. The highest BCUT2D eigenvalue weighted by Crippen LogP contribution is 2.28. The first-order chi connectivity index (χ1) is 17.7. The first-order valence-corrected chi connectivity index (χ1v) is 13.6. The van der Waals surface area contributed by atoms with Crippen molar-refractivity contribution in [3.63, 3.8) is 0 Å². The monoisotopic (exact) mass is 476 g/mol. The van der Waals surface area contributed by atoms with Crippen LogP contribution in [0.4, 0.5) is 4.39 Å². The molecule has 0 N–H and O–H groups in total. The minimum absolute atomic E-state index is 0.246. The van der Waals surface area contributed by atoms with Gasteiger partial charge in [0, 0.05) is 10.9 Å². The van der Waals surface area contributed by atoms with E-state index in [-0.39, 0.29) is 5.82 Å². The number of halogens is 1. The van der Waals surface area contributed by atoms with E-state index in [0.717, 1.165) is 29.4 Å². The van der Waals surface area contributed by atoms with E-state index in [0.29, 0.717) is 10.9 Å². The van der Waals surface area contributed by atoms with Gasteiger partial charge in [0.05, 0.1) is 5.56 Å². The summed E-state index contributed by atoms with van der Waals surface area (Å²) in [5.74, 6) is 5.92. The second-order valence-corrected chi connectivity index (χ2v) is 9.77. The highest BCUT2D eigenvalue weighted by atomic mass is 19.1. The predicted octanol–water partition coefficient (Wildman–Crippen LogP) is 9.90. The third-order valence-corrected chi connectivity index (χ3v) is 6.92. The van der Waals surface area contributed by atoms with Crippen molar-refractivity contribution in [2.75, 3.05) is 0 Å². The van der Waals surface area contributed by atoms with E-state index in [9.17, 15) is 0 Å². The van der Waals surface area contributed by atoms with Crippen molar-refractivity contribution < 1.29 is 4.39 Å². The summed E-state index contributed by atoms with van der Waals surface area (Å²) in [5.41, 5.74) is 6.34. The molecular weight excluding hydrogens is 439 g/mol. The van der Waals surface area contributed by atoms with Gasteiger partial charge >= 0.3 is 0 Å². The van der Waals surface area contributed by atoms with E-state index >= 15 is 4.39 Å². The Bertz CT molecular complexity index is 1320. The van der Waals surface area contributed by atoms with Crippen molar-refractivity contribution in [1.29, 1.82) is 0 Å². The minimum atomic E-state index is -0.246. The van der Waals surface area contributed by atoms with Crippen LogP contribution in [0.15, 0.2) is 78.9 Å². The van der Waals surface area contributed by atoms with Crippen LogP contribution in [0.5, 0.6) is 0 Å². The molecule has 1 heteroatoms. The summed E-state index contributed by atoms with van der Waals surface area (Å²) >= 11 is 0. The average molecular weight is 477 g/mol. The lowest BCUT2D eigenvalue weighted by Crippen LogP contribution is -1.89. The largest absolute Gasteiger partial charge is 0.205 e. The molecule has 4 aromatic carbocycles. The number of aryl methyl sites for hydroxylation is 2. The van der Waals surface area contributed by atoms with Crippen LogP contribution < -0.4 is 0 Å². The maximum Gasteiger partial charge on any atom is 0.146 e. The molecule has 0 atom stereocenters. The number of unbranched alkanes of at least 4 members (excludes halogenated alkanes) is 5. The molecule has 184 valence electrons. The van der Waals surface area contributed by atoms with Gasteiger partial charge in [-0.25, -0.2) is 4.39 Å². The molecule has 0 saturated heterocycles. The molecule has 0 aliphatic heterocycles. The lowest BCUT2D eigenvalue weighted by atomic mass is 9.97. The fourth-order valence-corrected chi connectivity index (χ4v) is 4.64. The molecule has 0 nitrogen and oxygen atoms in total. The van der Waals surface area contributed by atoms with Crippen molar-refractivity contribution in [1.82, 2.24) is 0 Å². The van der Waals surface area contributed by atoms with E-state index in [1.165, 1.54) is 61.6 Å². The van der Waals surface area contributed by atoms with Crippen molar-refractivity contribution in [3.8, 4) is 23.0 Å². The molecule has 0 aliphatic rings. The second kappa shape index (κ2) is 13.1. The van der Waals surface area contributed by atoms with Crippen molar-refractivity contribution in [3.05, 3.63) is 107 Å². The second-order valence-electron chi connectivity index (χ2n) is 9.77. The molecule has 0 spiro atoms. The SMILES string of the molecule is CCCCCCCc1ccc(-c2ccc3c(F)c(C#Cc4ccc(CCCC)cc4)ccc3c2)cc1. The summed E-state index contributed by atoms with van der Waals surface area (Å²) in [6.45, 7) is 4.45. The molecule has 0 unspecified atom stereocenters. The quantitative estimate of drug-likeness (QED) is 0.158. The van der Waals surface area contributed by atoms with E-state index in [1.54, 1.807) is 6.07 Å². The fourth-order valence-electron chi connectivity index (χ4n) is 4.64. The fraction of sp³-hybridized carbons (Fsp3) is 0.314. The van der Waals surface area contributed by atoms with Crippen LogP contribution in [0.3, 0.4) is 0 Å². The maximum absolute atomic E-state index is 15.3. The molecule has 0 bridgehead atoms. The Hall–Kier alpha value is -3.37. The zero-order valence-corrected chi connectivity index (χ0v) is 21.7. The topological polar surface area (TPSA) is 0 Å². The zero-order chi connectivity index (χ0) is 25.2. The first kappa shape index (κ1) is 25.7. The van der Waals surface area contributed by atoms with Crippen LogP contribution in [0.2, 0.25) is 0 Å². The molecule has 4 aromatic rings. The van der Waals surface area contributed by atoms with Crippen molar-refractivity contribution in [2.24, 2.45) is 0 Å². The summed E-state index contributed by atoms with van der Waals surface area (Å²) in [4.78, 5) is 0. The lowest BCUT2D eigenvalue weighted by molar-refractivity contribution is 0.632. The predicted molar refractivity (Wildman–Crippen MR) is 153 cm³/mol. The van der Waals surface area contributed by atoms with Crippen LogP contribution in [-0.4, -0.2) is 0 Å². The average Bonchev–Trinajstić information content (AvgIpc) is 2.92. The van der Waals surface area contributed by atoms with Crippen molar-refractivity contribution in [2.45, 2.75) is 71.6 Å². The lowest BCUT2D eigenvalue weighted by Gasteiger charge is -2.08. The number of rotatable bonds is 10. The van der Waals surface area contributed by atoms with Gasteiger partial charge in [-0.3, -0.25) is 0 Å². The summed E-state index contributed by atoms with van der Waals surface area (Å²) < 4.78 is 15.3. The van der Waals surface area contributed by atoms with Crippen molar-refractivity contribution >= 4 is 10.8 Å². The molecule has 36 heavy (non-hydrogen) atoms. The number of fused-ring (bicyclic) bond motifs is 1. The Kier molecular flexibility index (Phi) is 9.34. The van der Waals surface area contributed by atoms with Gasteiger partial charge in [0.2, 0.25) is 0 Å². The van der Waals surface area contributed by atoms with E-state index < -0.39 is 0 Å². The van der Waals surface area contributed by atoms with Crippen LogP contribution in [0.1, 0.15) is 81.0 Å². The maximum atomic E-state index is 15.3. The van der Waals surface area contributed by atoms with Gasteiger partial charge in [0.15, 0.2) is 0 Å². The van der Waals surface area contributed by atoms with Crippen LogP contribution >= 0.6 is 0 Å². The van der Waals surface area contributed by atoms with E-state index in [4.69, 9.17) is 0 Å². The summed E-state index contributed by atoms with van der Waals surface area (Å²) in [6.07, 6.45) is 11.1. The van der Waals surface area contributed by atoms with Crippen LogP contribution in [0, 0.1) is 17.7 Å². The number of hydrogen-bond donors (Lipinski definition) is 0. The first-order valence-electron chi connectivity index (χ1n) is 13.6. The molecule has 0 heterocycles. The van der Waals surface area contributed by atoms with E-state index in [2.05, 4.69) is 68.2 Å². The Labute approximate surface area is 216 Å². The number of benzene rings is 4. The van der Waals surface area contributed by atoms with Gasteiger partial charge in [0.25, 0.3) is 0 Å². The highest BCUT2D eigenvalue weighted by Gasteiger charge is 2.08. The molecule has 4 rings (SSSR count). The third-order valence-electron chi connectivity index (χ3n) is 6.92. The minimum Gasteiger partial charge on any atom is -0.205 e. The molecule has 0 fully saturated rings. The van der Waals surface area contributed by atoms with Gasteiger partial charge in [-0.15, -0.1) is 0 Å². The Morgan fingerprint density at radius 1 is 0.583 bits per heavy atom. The third kappa shape index (κ3) is 6.86. The molecule has 0 radical (unpaired) electrons. The molecule has 0 saturated carbocycles. The van der Waals surface area contributed by atoms with Gasteiger partial charge in [-0.05, 0) is 77.6 Å². The molecule has 0 aromatic heterocycles. The molecule has 0 amide bonds. The highest BCUT2D eigenvalue weighted by molar-refractivity contribution is 5.89. The van der Waals surface area contributed by atoms with E-state index in [1.807, 2.05) is 30.3 Å². The summed E-state index contributed by atoms with van der Waals surface area (Å²) in [5, 5.41) is 1.51. The van der Waals surface area contributed by atoms with Gasteiger partial charge in [0.1, 0.15) is 5.82 Å². The zero-order valence-electron chi connectivity index (χ0n) is 21.7. The van der Waals surface area contributed by atoms with Crippen LogP contribution in [-0.2, 0) is 12.8 Å². The Morgan fingerprint density at radius 3 is 1.94 bits per heavy atom. The Morgan fingerprint density at radius 2 is 1.22 bits per heavy atom. The molecule has 0 aliphatic carbocycles. The van der Waals surface area contributed by atoms with Gasteiger partial charge in [-0.2, -0.15) is 0 Å².